The minimum Gasteiger partial charge on any atom is -0.465 e. The molecule has 0 saturated heterocycles. The lowest BCUT2D eigenvalue weighted by molar-refractivity contribution is -0.116. The number of hydrogen-bond donors (Lipinski definition) is 1. The Bertz CT molecular complexity index is 843. The van der Waals surface area contributed by atoms with Gasteiger partial charge in [-0.25, -0.2) is 14.4 Å². The van der Waals surface area contributed by atoms with Gasteiger partial charge in [-0.1, -0.05) is 0 Å². The molecular formula is C18H14FN3O2. The molecule has 0 aliphatic rings. The number of aromatic nitrogens is 2. The number of halogens is 1. The number of furan rings is 1. The van der Waals surface area contributed by atoms with Crippen LogP contribution in [0, 0.1) is 5.82 Å². The molecule has 6 heteroatoms. The molecule has 0 atom stereocenters. The Hall–Kier alpha value is -3.28. The first-order chi connectivity index (χ1) is 11.7. The molecule has 0 spiro atoms. The highest BCUT2D eigenvalue weighted by Crippen LogP contribution is 2.17. The number of hydrogen-bond acceptors (Lipinski definition) is 4. The van der Waals surface area contributed by atoms with Gasteiger partial charge in [0, 0.05) is 11.6 Å². The molecular weight excluding hydrogens is 309 g/mol. The summed E-state index contributed by atoms with van der Waals surface area (Å²) in [7, 11) is 0. The van der Waals surface area contributed by atoms with Crippen molar-refractivity contribution in [3.05, 3.63) is 78.4 Å². The molecule has 2 aromatic heterocycles. The Labute approximate surface area is 137 Å². The zero-order valence-electron chi connectivity index (χ0n) is 12.6. The predicted molar refractivity (Wildman–Crippen MR) is 87.0 cm³/mol. The average Bonchev–Trinajstić information content (AvgIpc) is 3.13. The maximum absolute atomic E-state index is 13.0. The first kappa shape index (κ1) is 15.6. The summed E-state index contributed by atoms with van der Waals surface area (Å²) in [6, 6.07) is 11.3. The average molecular weight is 323 g/mol. The van der Waals surface area contributed by atoms with E-state index in [-0.39, 0.29) is 18.3 Å². The molecule has 3 rings (SSSR count). The van der Waals surface area contributed by atoms with E-state index in [2.05, 4.69) is 15.3 Å². The highest BCUT2D eigenvalue weighted by atomic mass is 19.1. The van der Waals surface area contributed by atoms with E-state index in [0.717, 1.165) is 5.56 Å². The van der Waals surface area contributed by atoms with Gasteiger partial charge < -0.3 is 9.73 Å². The Morgan fingerprint density at radius 1 is 1.21 bits per heavy atom. The molecule has 0 radical (unpaired) electrons. The molecule has 0 saturated carbocycles. The molecule has 0 aliphatic carbocycles. The summed E-state index contributed by atoms with van der Waals surface area (Å²) in [5, 5.41) is 2.73. The quantitative estimate of drug-likeness (QED) is 0.732. The van der Waals surface area contributed by atoms with Crippen molar-refractivity contribution in [1.82, 2.24) is 15.3 Å². The van der Waals surface area contributed by atoms with Crippen LogP contribution in [0.3, 0.4) is 0 Å². The Morgan fingerprint density at radius 3 is 2.79 bits per heavy atom. The van der Waals surface area contributed by atoms with E-state index in [1.165, 1.54) is 30.8 Å². The summed E-state index contributed by atoms with van der Waals surface area (Å²) in [6.45, 7) is 0.262. The van der Waals surface area contributed by atoms with Crippen molar-refractivity contribution in [3.8, 4) is 11.3 Å². The van der Waals surface area contributed by atoms with Gasteiger partial charge in [0.1, 0.15) is 17.9 Å². The van der Waals surface area contributed by atoms with Crippen molar-refractivity contribution in [2.24, 2.45) is 0 Å². The second-order valence-electron chi connectivity index (χ2n) is 4.97. The van der Waals surface area contributed by atoms with E-state index >= 15 is 0 Å². The van der Waals surface area contributed by atoms with Crippen LogP contribution >= 0.6 is 0 Å². The maximum Gasteiger partial charge on any atom is 0.244 e. The fraction of sp³-hybridized carbons (Fsp3) is 0.0556. The molecule has 1 aromatic carbocycles. The molecule has 5 nitrogen and oxygen atoms in total. The van der Waals surface area contributed by atoms with Gasteiger partial charge in [-0.2, -0.15) is 0 Å². The lowest BCUT2D eigenvalue weighted by Crippen LogP contribution is -2.20. The van der Waals surface area contributed by atoms with Crippen molar-refractivity contribution in [3.63, 3.8) is 0 Å². The Morgan fingerprint density at radius 2 is 2.04 bits per heavy atom. The third-order valence-corrected chi connectivity index (χ3v) is 3.25. The smallest absolute Gasteiger partial charge is 0.244 e. The summed E-state index contributed by atoms with van der Waals surface area (Å²) >= 11 is 0. The molecule has 0 bridgehead atoms. The van der Waals surface area contributed by atoms with Crippen molar-refractivity contribution >= 4 is 12.0 Å². The number of nitrogens with zero attached hydrogens (tertiary/aromatic N) is 2. The van der Waals surface area contributed by atoms with Crippen LogP contribution < -0.4 is 5.32 Å². The minimum absolute atomic E-state index is 0.256. The number of benzene rings is 1. The number of nitrogens with one attached hydrogen (secondary N) is 1. The van der Waals surface area contributed by atoms with Gasteiger partial charge in [-0.05, 0) is 48.5 Å². The van der Waals surface area contributed by atoms with Gasteiger partial charge in [0.2, 0.25) is 5.91 Å². The van der Waals surface area contributed by atoms with Crippen molar-refractivity contribution in [2.75, 3.05) is 0 Å². The molecule has 3 aromatic rings. The minimum atomic E-state index is -0.302. The van der Waals surface area contributed by atoms with E-state index in [9.17, 15) is 9.18 Å². The van der Waals surface area contributed by atoms with Crippen molar-refractivity contribution in [2.45, 2.75) is 6.54 Å². The van der Waals surface area contributed by atoms with E-state index in [1.807, 2.05) is 0 Å². The molecule has 0 fully saturated rings. The molecule has 0 unspecified atom stereocenters. The Kier molecular flexibility index (Phi) is 4.76. The number of carbonyl (C=O) groups is 1. The largest absolute Gasteiger partial charge is 0.465 e. The number of carbonyl (C=O) groups excluding carboxylic acids is 1. The lowest BCUT2D eigenvalue weighted by Gasteiger charge is -2.05. The first-order valence-corrected chi connectivity index (χ1v) is 7.27. The fourth-order valence-corrected chi connectivity index (χ4v) is 2.05. The molecule has 1 amide bonds. The van der Waals surface area contributed by atoms with Crippen LogP contribution in [-0.2, 0) is 11.3 Å². The summed E-state index contributed by atoms with van der Waals surface area (Å²) in [4.78, 5) is 20.1. The second kappa shape index (κ2) is 7.32. The van der Waals surface area contributed by atoms with Crippen LogP contribution in [0.5, 0.6) is 0 Å². The SMILES string of the molecule is O=C(/C=C/c1ccco1)NCc1cc(-c2ccc(F)cc2)ncn1. The normalized spacial score (nSPS) is 10.9. The summed E-state index contributed by atoms with van der Waals surface area (Å²) < 4.78 is 18.1. The first-order valence-electron chi connectivity index (χ1n) is 7.27. The van der Waals surface area contributed by atoms with Crippen LogP contribution in [0.2, 0.25) is 0 Å². The van der Waals surface area contributed by atoms with Crippen LogP contribution in [-0.4, -0.2) is 15.9 Å². The third-order valence-electron chi connectivity index (χ3n) is 3.25. The maximum atomic E-state index is 13.0. The second-order valence-corrected chi connectivity index (χ2v) is 4.97. The number of amides is 1. The predicted octanol–water partition coefficient (Wildman–Crippen LogP) is 3.21. The van der Waals surface area contributed by atoms with Gasteiger partial charge in [0.25, 0.3) is 0 Å². The summed E-state index contributed by atoms with van der Waals surface area (Å²) in [5.41, 5.74) is 2.11. The summed E-state index contributed by atoms with van der Waals surface area (Å²) in [6.07, 6.45) is 5.93. The topological polar surface area (TPSA) is 68.0 Å². The molecule has 2 heterocycles. The van der Waals surface area contributed by atoms with Crippen LogP contribution in [0.25, 0.3) is 17.3 Å². The highest BCUT2D eigenvalue weighted by Gasteiger charge is 2.04. The van der Waals surface area contributed by atoms with Gasteiger partial charge in [-0.15, -0.1) is 0 Å². The van der Waals surface area contributed by atoms with E-state index in [1.54, 1.807) is 36.4 Å². The highest BCUT2D eigenvalue weighted by molar-refractivity contribution is 5.91. The molecule has 0 aliphatic heterocycles. The third kappa shape index (κ3) is 4.13. The zero-order valence-corrected chi connectivity index (χ0v) is 12.6. The lowest BCUT2D eigenvalue weighted by atomic mass is 10.1. The van der Waals surface area contributed by atoms with Gasteiger partial charge in [0.05, 0.1) is 24.2 Å². The Balaban J connectivity index is 1.62. The van der Waals surface area contributed by atoms with E-state index in [0.29, 0.717) is 17.1 Å². The molecule has 1 N–H and O–H groups in total. The van der Waals surface area contributed by atoms with E-state index < -0.39 is 0 Å². The molecule has 24 heavy (non-hydrogen) atoms. The van der Waals surface area contributed by atoms with Crippen LogP contribution in [0.4, 0.5) is 4.39 Å². The van der Waals surface area contributed by atoms with Gasteiger partial charge in [-0.3, -0.25) is 4.79 Å². The van der Waals surface area contributed by atoms with Crippen LogP contribution in [0.1, 0.15) is 11.5 Å². The zero-order chi connectivity index (χ0) is 16.8. The van der Waals surface area contributed by atoms with Gasteiger partial charge in [0.15, 0.2) is 0 Å². The fourth-order valence-electron chi connectivity index (χ4n) is 2.05. The molecule has 120 valence electrons. The van der Waals surface area contributed by atoms with Crippen molar-refractivity contribution < 1.29 is 13.6 Å². The van der Waals surface area contributed by atoms with Gasteiger partial charge >= 0.3 is 0 Å². The van der Waals surface area contributed by atoms with Crippen LogP contribution in [0.15, 0.2) is 65.5 Å². The summed E-state index contributed by atoms with van der Waals surface area (Å²) in [5.74, 6) is 0.0442. The monoisotopic (exact) mass is 323 g/mol. The standard InChI is InChI=1S/C18H14FN3O2/c19-14-5-3-13(4-6-14)17-10-15(21-12-22-17)11-20-18(23)8-7-16-2-1-9-24-16/h1-10,12H,11H2,(H,20,23)/b8-7+. The van der Waals surface area contributed by atoms with E-state index in [4.69, 9.17) is 4.42 Å². The van der Waals surface area contributed by atoms with Crippen molar-refractivity contribution in [1.29, 1.82) is 0 Å². The number of rotatable bonds is 5.